The third-order valence-corrected chi connectivity index (χ3v) is 2.76. The predicted molar refractivity (Wildman–Crippen MR) is 51.4 cm³/mol. The number of ether oxygens (including phenoxy) is 2. The lowest BCUT2D eigenvalue weighted by Gasteiger charge is -2.42. The molecular formula is C9H17NO5. The van der Waals surface area contributed by atoms with Crippen LogP contribution in [-0.4, -0.2) is 54.4 Å². The van der Waals surface area contributed by atoms with Gasteiger partial charge in [0, 0.05) is 13.5 Å². The van der Waals surface area contributed by atoms with Crippen LogP contribution in [0.1, 0.15) is 13.3 Å². The molecule has 0 aliphatic carbocycles. The maximum atomic E-state index is 11.0. The molecule has 0 aromatic heterocycles. The summed E-state index contributed by atoms with van der Waals surface area (Å²) in [7, 11) is 2.95. The first kappa shape index (κ1) is 12.4. The Balaban J connectivity index is 2.86. The number of aliphatic hydroxyl groups is 1. The first-order valence-corrected chi connectivity index (χ1v) is 4.78. The molecule has 1 rings (SSSR count). The first-order chi connectivity index (χ1) is 6.96. The summed E-state index contributed by atoms with van der Waals surface area (Å²) in [5.41, 5.74) is 0. The standard InChI is InChI=1S/C9H17NO5/c1-5-7(10-2)6(11)4-9(14-3,15-5)8(12)13/h5-7,10-11H,4H2,1-3H3,(H,12,13). The number of likely N-dealkylation sites (N-methyl/N-ethyl adjacent to an activating group) is 1. The first-order valence-electron chi connectivity index (χ1n) is 4.78. The van der Waals surface area contributed by atoms with Crippen LogP contribution in [0, 0.1) is 0 Å². The monoisotopic (exact) mass is 219 g/mol. The van der Waals surface area contributed by atoms with Crippen LogP contribution < -0.4 is 5.32 Å². The number of hydrogen-bond acceptors (Lipinski definition) is 5. The number of carboxylic acid groups (broad SMARTS) is 1. The van der Waals surface area contributed by atoms with Gasteiger partial charge in [-0.1, -0.05) is 0 Å². The average molecular weight is 219 g/mol. The zero-order valence-corrected chi connectivity index (χ0v) is 9.06. The molecule has 4 atom stereocenters. The maximum absolute atomic E-state index is 11.0. The molecule has 1 saturated heterocycles. The molecule has 6 nitrogen and oxygen atoms in total. The van der Waals surface area contributed by atoms with Crippen molar-refractivity contribution in [1.29, 1.82) is 0 Å². The van der Waals surface area contributed by atoms with E-state index in [1.807, 2.05) is 0 Å². The van der Waals surface area contributed by atoms with Crippen molar-refractivity contribution in [2.24, 2.45) is 0 Å². The van der Waals surface area contributed by atoms with Crippen LogP contribution in [0.2, 0.25) is 0 Å². The number of aliphatic hydroxyl groups excluding tert-OH is 1. The summed E-state index contributed by atoms with van der Waals surface area (Å²) in [6.45, 7) is 1.69. The molecule has 0 saturated carbocycles. The molecule has 1 aliphatic heterocycles. The zero-order valence-electron chi connectivity index (χ0n) is 9.06. The molecule has 1 heterocycles. The molecule has 0 radical (unpaired) electrons. The van der Waals surface area contributed by atoms with Crippen molar-refractivity contribution in [3.8, 4) is 0 Å². The van der Waals surface area contributed by atoms with Gasteiger partial charge in [0.15, 0.2) is 0 Å². The normalized spacial score (nSPS) is 41.5. The highest BCUT2D eigenvalue weighted by atomic mass is 16.7. The number of hydrogen-bond donors (Lipinski definition) is 3. The van der Waals surface area contributed by atoms with Crippen molar-refractivity contribution >= 4 is 5.97 Å². The second-order valence-electron chi connectivity index (χ2n) is 3.67. The fourth-order valence-electron chi connectivity index (χ4n) is 1.92. The molecule has 1 aliphatic rings. The number of carboxylic acids is 1. The molecule has 0 bridgehead atoms. The number of methoxy groups -OCH3 is 1. The molecule has 1 fully saturated rings. The van der Waals surface area contributed by atoms with Gasteiger partial charge in [-0.3, -0.25) is 0 Å². The Morgan fingerprint density at radius 3 is 2.60 bits per heavy atom. The van der Waals surface area contributed by atoms with E-state index in [1.54, 1.807) is 14.0 Å². The molecular weight excluding hydrogens is 202 g/mol. The fraction of sp³-hybridized carbons (Fsp3) is 0.889. The Labute approximate surface area is 88.2 Å². The van der Waals surface area contributed by atoms with Gasteiger partial charge < -0.3 is 25.0 Å². The smallest absolute Gasteiger partial charge is 0.364 e. The van der Waals surface area contributed by atoms with Crippen molar-refractivity contribution in [2.75, 3.05) is 14.2 Å². The number of aliphatic carboxylic acids is 1. The minimum Gasteiger partial charge on any atom is -0.477 e. The Bertz CT molecular complexity index is 233. The van der Waals surface area contributed by atoms with Gasteiger partial charge in [-0.25, -0.2) is 4.79 Å². The van der Waals surface area contributed by atoms with Crippen LogP contribution in [0.4, 0.5) is 0 Å². The van der Waals surface area contributed by atoms with E-state index in [0.717, 1.165) is 0 Å². The van der Waals surface area contributed by atoms with E-state index < -0.39 is 24.0 Å². The van der Waals surface area contributed by atoms with Crippen molar-refractivity contribution in [3.05, 3.63) is 0 Å². The highest BCUT2D eigenvalue weighted by Gasteiger charge is 2.50. The third kappa shape index (κ3) is 2.12. The second kappa shape index (κ2) is 4.44. The summed E-state index contributed by atoms with van der Waals surface area (Å²) in [4.78, 5) is 11.0. The number of rotatable bonds is 3. The van der Waals surface area contributed by atoms with Crippen LogP contribution in [-0.2, 0) is 14.3 Å². The summed E-state index contributed by atoms with van der Waals surface area (Å²) in [6.07, 6.45) is -1.33. The van der Waals surface area contributed by atoms with Gasteiger partial charge in [0.05, 0.1) is 18.2 Å². The largest absolute Gasteiger partial charge is 0.477 e. The molecule has 6 heteroatoms. The molecule has 3 N–H and O–H groups in total. The van der Waals surface area contributed by atoms with E-state index in [4.69, 9.17) is 14.6 Å². The van der Waals surface area contributed by atoms with Crippen molar-refractivity contribution in [2.45, 2.75) is 37.4 Å². The molecule has 0 spiro atoms. The summed E-state index contributed by atoms with van der Waals surface area (Å²) in [6, 6.07) is -0.285. The average Bonchev–Trinajstić information content (AvgIpc) is 2.16. The fourth-order valence-corrected chi connectivity index (χ4v) is 1.92. The second-order valence-corrected chi connectivity index (χ2v) is 3.67. The van der Waals surface area contributed by atoms with Gasteiger partial charge in [0.2, 0.25) is 0 Å². The lowest BCUT2D eigenvalue weighted by molar-refractivity contribution is -0.283. The zero-order chi connectivity index (χ0) is 11.6. The molecule has 0 aromatic rings. The lowest BCUT2D eigenvalue weighted by Crippen LogP contribution is -2.61. The van der Waals surface area contributed by atoms with E-state index in [-0.39, 0.29) is 12.5 Å². The molecule has 0 amide bonds. The Hall–Kier alpha value is -0.690. The summed E-state index contributed by atoms with van der Waals surface area (Å²) in [5, 5.41) is 21.7. The Kier molecular flexibility index (Phi) is 3.67. The van der Waals surface area contributed by atoms with E-state index in [2.05, 4.69) is 5.32 Å². The summed E-state index contributed by atoms with van der Waals surface area (Å²) < 4.78 is 10.2. The predicted octanol–water partition coefficient (Wildman–Crippen LogP) is -0.829. The molecule has 0 aromatic carbocycles. The number of carbonyl (C=O) groups is 1. The summed E-state index contributed by atoms with van der Waals surface area (Å²) in [5.74, 6) is -2.95. The van der Waals surface area contributed by atoms with Gasteiger partial charge in [-0.2, -0.15) is 0 Å². The summed E-state index contributed by atoms with van der Waals surface area (Å²) >= 11 is 0. The number of nitrogens with one attached hydrogen (secondary N) is 1. The quantitative estimate of drug-likeness (QED) is 0.574. The van der Waals surface area contributed by atoms with Crippen molar-refractivity contribution in [3.63, 3.8) is 0 Å². The third-order valence-electron chi connectivity index (χ3n) is 2.76. The van der Waals surface area contributed by atoms with Crippen LogP contribution in [0.3, 0.4) is 0 Å². The minimum atomic E-state index is -1.73. The van der Waals surface area contributed by atoms with E-state index in [1.165, 1.54) is 7.11 Å². The van der Waals surface area contributed by atoms with Gasteiger partial charge >= 0.3 is 5.97 Å². The maximum Gasteiger partial charge on any atom is 0.364 e. The molecule has 15 heavy (non-hydrogen) atoms. The van der Waals surface area contributed by atoms with Crippen LogP contribution in [0.25, 0.3) is 0 Å². The van der Waals surface area contributed by atoms with Gasteiger partial charge in [0.25, 0.3) is 5.79 Å². The van der Waals surface area contributed by atoms with Crippen LogP contribution >= 0.6 is 0 Å². The Morgan fingerprint density at radius 2 is 2.27 bits per heavy atom. The van der Waals surface area contributed by atoms with Crippen molar-refractivity contribution in [1.82, 2.24) is 5.32 Å². The van der Waals surface area contributed by atoms with Gasteiger partial charge in [0.1, 0.15) is 0 Å². The Morgan fingerprint density at radius 1 is 1.67 bits per heavy atom. The van der Waals surface area contributed by atoms with E-state index in [0.29, 0.717) is 0 Å². The van der Waals surface area contributed by atoms with Crippen molar-refractivity contribution < 1.29 is 24.5 Å². The minimum absolute atomic E-state index is 0.0886. The topological polar surface area (TPSA) is 88.0 Å². The van der Waals surface area contributed by atoms with Gasteiger partial charge in [-0.05, 0) is 14.0 Å². The lowest BCUT2D eigenvalue weighted by atomic mass is 9.94. The van der Waals surface area contributed by atoms with Crippen LogP contribution in [0.15, 0.2) is 0 Å². The molecule has 88 valence electrons. The van der Waals surface area contributed by atoms with Gasteiger partial charge in [-0.15, -0.1) is 0 Å². The SMILES string of the molecule is CNC1C(O)CC(OC)(C(=O)O)OC1C. The highest BCUT2D eigenvalue weighted by molar-refractivity contribution is 5.76. The molecule has 4 unspecified atom stereocenters. The van der Waals surface area contributed by atoms with Crippen LogP contribution in [0.5, 0.6) is 0 Å². The highest BCUT2D eigenvalue weighted by Crippen LogP contribution is 2.30. The van der Waals surface area contributed by atoms with E-state index >= 15 is 0 Å². The van der Waals surface area contributed by atoms with E-state index in [9.17, 15) is 9.90 Å².